The second-order valence-electron chi connectivity index (χ2n) is 6.44. The predicted octanol–water partition coefficient (Wildman–Crippen LogP) is 1.23. The molecule has 1 aliphatic heterocycles. The molecule has 25 heavy (non-hydrogen) atoms. The maximum atomic E-state index is 12.1. The van der Waals surface area contributed by atoms with Crippen LogP contribution in [-0.2, 0) is 11.2 Å². The molecule has 1 amide bonds. The molecular weight excluding hydrogens is 316 g/mol. The Hall–Kier alpha value is -2.10. The highest BCUT2D eigenvalue weighted by Gasteiger charge is 2.20. The molecule has 0 saturated carbocycles. The molecular formula is C19H28N4O2. The molecule has 6 nitrogen and oxygen atoms in total. The first kappa shape index (κ1) is 19.2. The molecule has 0 radical (unpaired) electrons. The topological polar surface area (TPSA) is 59.8 Å². The van der Waals surface area contributed by atoms with Gasteiger partial charge in [0.1, 0.15) is 5.75 Å². The first-order valence-electron chi connectivity index (χ1n) is 8.81. The van der Waals surface area contributed by atoms with Crippen LogP contribution in [0, 0.1) is 11.3 Å². The molecule has 1 saturated heterocycles. The lowest BCUT2D eigenvalue weighted by atomic mass is 10.1. The van der Waals surface area contributed by atoms with E-state index in [1.807, 2.05) is 12.1 Å². The molecule has 1 aliphatic rings. The average Bonchev–Trinajstić information content (AvgIpc) is 2.65. The van der Waals surface area contributed by atoms with Gasteiger partial charge in [0, 0.05) is 46.3 Å². The van der Waals surface area contributed by atoms with Gasteiger partial charge in [0.2, 0.25) is 5.91 Å². The minimum atomic E-state index is 0.0990. The van der Waals surface area contributed by atoms with Gasteiger partial charge in [-0.05, 0) is 24.1 Å². The van der Waals surface area contributed by atoms with Crippen LogP contribution in [0.25, 0.3) is 0 Å². The number of ether oxygens (including phenoxy) is 1. The Kier molecular flexibility index (Phi) is 7.71. The second-order valence-corrected chi connectivity index (χ2v) is 6.44. The summed E-state index contributed by atoms with van der Waals surface area (Å²) in [6.45, 7) is 5.82. The average molecular weight is 344 g/mol. The number of nitriles is 1. The van der Waals surface area contributed by atoms with Gasteiger partial charge < -0.3 is 14.5 Å². The molecule has 0 N–H and O–H groups in total. The van der Waals surface area contributed by atoms with Crippen LogP contribution in [0.2, 0.25) is 0 Å². The van der Waals surface area contributed by atoms with E-state index in [1.165, 1.54) is 5.56 Å². The SMILES string of the molecule is COc1ccc(CCN2CCN(CC(=O)N(C)CCC#N)CC2)cc1. The third kappa shape index (κ3) is 6.37. The van der Waals surface area contributed by atoms with Crippen LogP contribution in [0.4, 0.5) is 0 Å². The summed E-state index contributed by atoms with van der Waals surface area (Å²) in [7, 11) is 3.45. The molecule has 0 aromatic heterocycles. The summed E-state index contributed by atoms with van der Waals surface area (Å²) >= 11 is 0. The van der Waals surface area contributed by atoms with Crippen molar-refractivity contribution in [1.29, 1.82) is 5.26 Å². The van der Waals surface area contributed by atoms with Crippen molar-refractivity contribution in [3.05, 3.63) is 29.8 Å². The van der Waals surface area contributed by atoms with E-state index in [1.54, 1.807) is 19.1 Å². The van der Waals surface area contributed by atoms with E-state index in [2.05, 4.69) is 28.0 Å². The summed E-state index contributed by atoms with van der Waals surface area (Å²) in [5.41, 5.74) is 1.32. The number of methoxy groups -OCH3 is 1. The zero-order valence-electron chi connectivity index (χ0n) is 15.3. The van der Waals surface area contributed by atoms with Crippen LogP contribution in [0.1, 0.15) is 12.0 Å². The molecule has 1 aromatic rings. The van der Waals surface area contributed by atoms with Crippen LogP contribution in [0.5, 0.6) is 5.75 Å². The third-order valence-electron chi connectivity index (χ3n) is 4.68. The second kappa shape index (κ2) is 10.0. The van der Waals surface area contributed by atoms with Crippen LogP contribution >= 0.6 is 0 Å². The van der Waals surface area contributed by atoms with Crippen molar-refractivity contribution in [2.24, 2.45) is 0 Å². The number of hydrogen-bond acceptors (Lipinski definition) is 5. The highest BCUT2D eigenvalue weighted by atomic mass is 16.5. The van der Waals surface area contributed by atoms with Crippen molar-refractivity contribution < 1.29 is 9.53 Å². The predicted molar refractivity (Wildman–Crippen MR) is 97.4 cm³/mol. The first-order valence-corrected chi connectivity index (χ1v) is 8.81. The zero-order chi connectivity index (χ0) is 18.1. The number of carbonyl (C=O) groups is 1. The molecule has 0 unspecified atom stereocenters. The summed E-state index contributed by atoms with van der Waals surface area (Å²) in [4.78, 5) is 18.4. The Morgan fingerprint density at radius 3 is 2.44 bits per heavy atom. The van der Waals surface area contributed by atoms with E-state index in [0.29, 0.717) is 19.5 Å². The lowest BCUT2D eigenvalue weighted by molar-refractivity contribution is -0.131. The summed E-state index contributed by atoms with van der Waals surface area (Å²) < 4.78 is 5.18. The van der Waals surface area contributed by atoms with Gasteiger partial charge in [0.15, 0.2) is 0 Å². The molecule has 0 atom stereocenters. The fraction of sp³-hybridized carbons (Fsp3) is 0.579. The van der Waals surface area contributed by atoms with Gasteiger partial charge in [0.25, 0.3) is 0 Å². The van der Waals surface area contributed by atoms with Crippen molar-refractivity contribution in [3.8, 4) is 11.8 Å². The monoisotopic (exact) mass is 344 g/mol. The minimum Gasteiger partial charge on any atom is -0.497 e. The van der Waals surface area contributed by atoms with Crippen molar-refractivity contribution in [2.75, 3.05) is 60.0 Å². The van der Waals surface area contributed by atoms with E-state index < -0.39 is 0 Å². The molecule has 1 aromatic carbocycles. The van der Waals surface area contributed by atoms with Gasteiger partial charge in [-0.1, -0.05) is 12.1 Å². The maximum absolute atomic E-state index is 12.1. The summed E-state index contributed by atoms with van der Waals surface area (Å²) in [5, 5.41) is 8.60. The normalized spacial score (nSPS) is 15.6. The Bertz CT molecular complexity index is 574. The smallest absolute Gasteiger partial charge is 0.236 e. The fourth-order valence-corrected chi connectivity index (χ4v) is 2.90. The van der Waals surface area contributed by atoms with Crippen LogP contribution in [0.3, 0.4) is 0 Å². The number of carbonyl (C=O) groups excluding carboxylic acids is 1. The summed E-state index contributed by atoms with van der Waals surface area (Å²) in [5.74, 6) is 0.990. The zero-order valence-corrected chi connectivity index (χ0v) is 15.3. The summed E-state index contributed by atoms with van der Waals surface area (Å²) in [6.07, 6.45) is 1.42. The van der Waals surface area contributed by atoms with Gasteiger partial charge in [-0.25, -0.2) is 0 Å². The number of likely N-dealkylation sites (N-methyl/N-ethyl adjacent to an activating group) is 1. The molecule has 136 valence electrons. The largest absolute Gasteiger partial charge is 0.497 e. The molecule has 1 fully saturated rings. The molecule has 0 spiro atoms. The van der Waals surface area contributed by atoms with Crippen molar-refractivity contribution >= 4 is 5.91 Å². The van der Waals surface area contributed by atoms with Crippen LogP contribution in [-0.4, -0.2) is 80.6 Å². The highest BCUT2D eigenvalue weighted by molar-refractivity contribution is 5.78. The number of amides is 1. The van der Waals surface area contributed by atoms with E-state index in [9.17, 15) is 4.79 Å². The van der Waals surface area contributed by atoms with Gasteiger partial charge in [-0.15, -0.1) is 0 Å². The van der Waals surface area contributed by atoms with Gasteiger partial charge in [-0.2, -0.15) is 5.26 Å². The van der Waals surface area contributed by atoms with Crippen molar-refractivity contribution in [3.63, 3.8) is 0 Å². The number of rotatable bonds is 8. The van der Waals surface area contributed by atoms with Crippen LogP contribution in [0.15, 0.2) is 24.3 Å². The van der Waals surface area contributed by atoms with Gasteiger partial charge in [0.05, 0.1) is 26.1 Å². The molecule has 0 aliphatic carbocycles. The first-order chi connectivity index (χ1) is 12.1. The van der Waals surface area contributed by atoms with E-state index in [4.69, 9.17) is 10.00 Å². The highest BCUT2D eigenvalue weighted by Crippen LogP contribution is 2.12. The number of hydrogen-bond donors (Lipinski definition) is 0. The quantitative estimate of drug-likeness (QED) is 0.710. The van der Waals surface area contributed by atoms with E-state index in [0.717, 1.165) is 44.9 Å². The lowest BCUT2D eigenvalue weighted by Crippen LogP contribution is -2.50. The number of benzene rings is 1. The van der Waals surface area contributed by atoms with Gasteiger partial charge in [-0.3, -0.25) is 9.69 Å². The Labute approximate surface area is 150 Å². The van der Waals surface area contributed by atoms with E-state index >= 15 is 0 Å². The number of piperazine rings is 1. The number of nitrogens with zero attached hydrogens (tertiary/aromatic N) is 4. The molecule has 2 rings (SSSR count). The fourth-order valence-electron chi connectivity index (χ4n) is 2.90. The molecule has 6 heteroatoms. The molecule has 0 bridgehead atoms. The molecule has 1 heterocycles. The standard InChI is InChI=1S/C19H28N4O2/c1-21(10-3-9-20)19(24)16-23-14-12-22(13-15-23)11-8-17-4-6-18(25-2)7-5-17/h4-7H,3,8,10-16H2,1-2H3. The Morgan fingerprint density at radius 2 is 1.84 bits per heavy atom. The maximum Gasteiger partial charge on any atom is 0.236 e. The minimum absolute atomic E-state index is 0.0990. The van der Waals surface area contributed by atoms with E-state index in [-0.39, 0.29) is 5.91 Å². The van der Waals surface area contributed by atoms with Crippen molar-refractivity contribution in [2.45, 2.75) is 12.8 Å². The summed E-state index contributed by atoms with van der Waals surface area (Å²) in [6, 6.07) is 10.3. The lowest BCUT2D eigenvalue weighted by Gasteiger charge is -2.35. The Morgan fingerprint density at radius 1 is 1.20 bits per heavy atom. The Balaban J connectivity index is 1.67. The van der Waals surface area contributed by atoms with Crippen molar-refractivity contribution in [1.82, 2.24) is 14.7 Å². The van der Waals surface area contributed by atoms with Crippen LogP contribution < -0.4 is 4.74 Å². The third-order valence-corrected chi connectivity index (χ3v) is 4.68. The van der Waals surface area contributed by atoms with Gasteiger partial charge >= 0.3 is 0 Å².